The molecular weight excluding hydrogens is 330 g/mol. The van der Waals surface area contributed by atoms with Gasteiger partial charge in [-0.05, 0) is 32.4 Å². The Morgan fingerprint density at radius 3 is 1.69 bits per heavy atom. The molecule has 5 rings (SSSR count). The average molecular weight is 350 g/mol. The van der Waals surface area contributed by atoms with Crippen molar-refractivity contribution in [3.05, 3.63) is 103 Å². The van der Waals surface area contributed by atoms with Crippen LogP contribution < -0.4 is 26.5 Å². The maximum atomic E-state index is 6.49. The molecule has 4 aromatic rings. The van der Waals surface area contributed by atoms with Crippen molar-refractivity contribution in [2.45, 2.75) is 0 Å². The van der Waals surface area contributed by atoms with Crippen LogP contribution in [-0.4, -0.2) is 8.07 Å². The van der Waals surface area contributed by atoms with Crippen molar-refractivity contribution in [1.82, 2.24) is 0 Å². The van der Waals surface area contributed by atoms with E-state index in [2.05, 4.69) is 97.1 Å². The lowest BCUT2D eigenvalue weighted by Gasteiger charge is -2.31. The van der Waals surface area contributed by atoms with Gasteiger partial charge in [-0.1, -0.05) is 97.1 Å². The smallest absolute Gasteiger partial charge is 0.180 e. The molecule has 2 N–H and O–H groups in total. The molecule has 0 spiro atoms. The molecule has 1 nitrogen and oxygen atoms in total. The fourth-order valence-electron chi connectivity index (χ4n) is 4.52. The molecule has 4 aromatic carbocycles. The molecule has 2 heteroatoms. The Labute approximate surface area is 154 Å². The molecule has 0 fully saturated rings. The molecule has 0 bridgehead atoms. The molecule has 0 saturated heterocycles. The number of fused-ring (bicyclic) bond motifs is 3. The highest BCUT2D eigenvalue weighted by Gasteiger charge is 2.48. The van der Waals surface area contributed by atoms with Crippen molar-refractivity contribution in [3.8, 4) is 11.1 Å². The maximum Gasteiger partial charge on any atom is 0.180 e. The van der Waals surface area contributed by atoms with Gasteiger partial charge < -0.3 is 5.73 Å². The van der Waals surface area contributed by atoms with Crippen LogP contribution in [0.5, 0.6) is 0 Å². The predicted molar refractivity (Wildman–Crippen MR) is 113 cm³/mol. The monoisotopic (exact) mass is 349 g/mol. The predicted octanol–water partition coefficient (Wildman–Crippen LogP) is 2.63. The van der Waals surface area contributed by atoms with Crippen LogP contribution >= 0.6 is 0 Å². The summed E-state index contributed by atoms with van der Waals surface area (Å²) >= 11 is 0. The van der Waals surface area contributed by atoms with E-state index >= 15 is 0 Å². The normalized spacial score (nSPS) is 13.8. The number of nitrogen functional groups attached to an aromatic ring is 1. The second-order valence-corrected chi connectivity index (χ2v) is 10.5. The minimum Gasteiger partial charge on any atom is -0.398 e. The van der Waals surface area contributed by atoms with E-state index in [0.717, 1.165) is 5.69 Å². The average Bonchev–Trinajstić information content (AvgIpc) is 3.02. The van der Waals surface area contributed by atoms with Crippen molar-refractivity contribution in [1.29, 1.82) is 0 Å². The Morgan fingerprint density at radius 1 is 0.500 bits per heavy atom. The Bertz CT molecular complexity index is 1050. The van der Waals surface area contributed by atoms with Gasteiger partial charge in [0.1, 0.15) is 0 Å². The van der Waals surface area contributed by atoms with Crippen LogP contribution in [0.2, 0.25) is 0 Å². The van der Waals surface area contributed by atoms with Gasteiger partial charge in [-0.25, -0.2) is 0 Å². The van der Waals surface area contributed by atoms with Gasteiger partial charge in [-0.2, -0.15) is 0 Å². The Morgan fingerprint density at radius 2 is 1.04 bits per heavy atom. The maximum absolute atomic E-state index is 6.49. The molecule has 0 atom stereocenters. The summed E-state index contributed by atoms with van der Waals surface area (Å²) in [6, 6.07) is 37.2. The van der Waals surface area contributed by atoms with Gasteiger partial charge in [0.2, 0.25) is 0 Å². The molecule has 0 saturated carbocycles. The first-order valence-electron chi connectivity index (χ1n) is 8.93. The van der Waals surface area contributed by atoms with E-state index in [-0.39, 0.29) is 0 Å². The molecule has 0 aliphatic carbocycles. The van der Waals surface area contributed by atoms with Gasteiger partial charge in [0, 0.05) is 11.3 Å². The van der Waals surface area contributed by atoms with Crippen LogP contribution in [0.4, 0.5) is 5.69 Å². The summed E-state index contributed by atoms with van der Waals surface area (Å²) in [6.07, 6.45) is 0. The SMILES string of the molecule is Nc1cccc2c1-c1ccccc1[Si]2(c1ccccc1)c1ccccc1. The number of anilines is 1. The molecule has 0 unspecified atom stereocenters. The van der Waals surface area contributed by atoms with Crippen molar-refractivity contribution < 1.29 is 0 Å². The highest BCUT2D eigenvalue weighted by atomic mass is 28.3. The third-order valence-corrected chi connectivity index (χ3v) is 10.4. The minimum absolute atomic E-state index is 0.871. The summed E-state index contributed by atoms with van der Waals surface area (Å²) in [4.78, 5) is 0. The number of hydrogen-bond donors (Lipinski definition) is 1. The second-order valence-electron chi connectivity index (χ2n) is 6.80. The topological polar surface area (TPSA) is 26.0 Å². The lowest BCUT2D eigenvalue weighted by Crippen LogP contribution is -2.72. The highest BCUT2D eigenvalue weighted by Crippen LogP contribution is 2.32. The van der Waals surface area contributed by atoms with Gasteiger partial charge in [-0.3, -0.25) is 0 Å². The number of hydrogen-bond acceptors (Lipinski definition) is 1. The zero-order valence-corrected chi connectivity index (χ0v) is 15.4. The summed E-state index contributed by atoms with van der Waals surface area (Å²) in [5, 5.41) is 5.65. The van der Waals surface area contributed by atoms with E-state index < -0.39 is 8.07 Å². The van der Waals surface area contributed by atoms with E-state index in [4.69, 9.17) is 5.73 Å². The van der Waals surface area contributed by atoms with Gasteiger partial charge in [0.15, 0.2) is 8.07 Å². The number of benzene rings is 4. The van der Waals surface area contributed by atoms with Gasteiger partial charge in [0.25, 0.3) is 0 Å². The summed E-state index contributed by atoms with van der Waals surface area (Å²) in [6.45, 7) is 0. The van der Waals surface area contributed by atoms with E-state index in [0.29, 0.717) is 0 Å². The van der Waals surface area contributed by atoms with E-state index in [9.17, 15) is 0 Å². The lowest BCUT2D eigenvalue weighted by molar-refractivity contribution is 1.69. The quantitative estimate of drug-likeness (QED) is 0.385. The fraction of sp³-hybridized carbons (Fsp3) is 0. The molecule has 1 aliphatic heterocycles. The van der Waals surface area contributed by atoms with Gasteiger partial charge in [-0.15, -0.1) is 0 Å². The number of nitrogens with two attached hydrogens (primary N) is 1. The zero-order valence-electron chi connectivity index (χ0n) is 14.4. The van der Waals surface area contributed by atoms with Crippen molar-refractivity contribution in [2.24, 2.45) is 0 Å². The summed E-state index contributed by atoms with van der Waals surface area (Å²) in [5.41, 5.74) is 9.87. The first-order chi connectivity index (χ1) is 12.8. The van der Waals surface area contributed by atoms with Crippen LogP contribution in [0, 0.1) is 0 Å². The fourth-order valence-corrected chi connectivity index (χ4v) is 9.73. The first kappa shape index (κ1) is 15.2. The zero-order chi connectivity index (χ0) is 17.6. The van der Waals surface area contributed by atoms with Crippen LogP contribution in [0.15, 0.2) is 103 Å². The molecule has 0 radical (unpaired) electrons. The molecule has 124 valence electrons. The molecule has 1 heterocycles. The molecular formula is C24H19NSi. The van der Waals surface area contributed by atoms with Gasteiger partial charge in [0.05, 0.1) is 0 Å². The van der Waals surface area contributed by atoms with Crippen molar-refractivity contribution in [2.75, 3.05) is 5.73 Å². The Kier molecular flexibility index (Phi) is 3.34. The summed E-state index contributed by atoms with van der Waals surface area (Å²) in [5.74, 6) is 0. The van der Waals surface area contributed by atoms with E-state index in [1.54, 1.807) is 0 Å². The standard InChI is InChI=1S/C24H19NSi/c25-21-15-9-17-23-24(21)20-14-7-8-16-22(20)26(23,18-10-3-1-4-11-18)19-12-5-2-6-13-19/h1-17H,25H2. The largest absolute Gasteiger partial charge is 0.398 e. The molecule has 26 heavy (non-hydrogen) atoms. The van der Waals surface area contributed by atoms with Crippen LogP contribution in [0.25, 0.3) is 11.1 Å². The summed E-state index contributed by atoms with van der Waals surface area (Å²) < 4.78 is 0. The third-order valence-electron chi connectivity index (χ3n) is 5.51. The van der Waals surface area contributed by atoms with E-state index in [1.807, 2.05) is 6.07 Å². The second kappa shape index (κ2) is 5.72. The van der Waals surface area contributed by atoms with Crippen LogP contribution in [-0.2, 0) is 0 Å². The first-order valence-corrected chi connectivity index (χ1v) is 10.9. The van der Waals surface area contributed by atoms with Crippen molar-refractivity contribution in [3.63, 3.8) is 0 Å². The molecule has 0 amide bonds. The lowest BCUT2D eigenvalue weighted by atomic mass is 10.0. The Hall–Kier alpha value is -3.10. The molecule has 0 aromatic heterocycles. The Balaban J connectivity index is 2.00. The van der Waals surface area contributed by atoms with E-state index in [1.165, 1.54) is 31.9 Å². The van der Waals surface area contributed by atoms with Crippen LogP contribution in [0.1, 0.15) is 0 Å². The van der Waals surface area contributed by atoms with Crippen molar-refractivity contribution >= 4 is 34.5 Å². The highest BCUT2D eigenvalue weighted by molar-refractivity contribution is 7.22. The molecule has 1 aliphatic rings. The number of rotatable bonds is 2. The minimum atomic E-state index is -2.34. The van der Waals surface area contributed by atoms with Gasteiger partial charge >= 0.3 is 0 Å². The third kappa shape index (κ3) is 1.91. The summed E-state index contributed by atoms with van der Waals surface area (Å²) in [7, 11) is -2.34. The van der Waals surface area contributed by atoms with Crippen LogP contribution in [0.3, 0.4) is 0 Å².